The summed E-state index contributed by atoms with van der Waals surface area (Å²) in [5.41, 5.74) is 0.577. The molecule has 0 bridgehead atoms. The number of ketones is 1. The number of halogens is 1. The fraction of sp³-hybridized carbons (Fsp3) is 0.300. The predicted octanol–water partition coefficient (Wildman–Crippen LogP) is 0.827. The minimum atomic E-state index is -1.05. The van der Waals surface area contributed by atoms with Gasteiger partial charge in [0.25, 0.3) is 0 Å². The molecule has 0 amide bonds. The van der Waals surface area contributed by atoms with Crippen LogP contribution in [0.5, 0.6) is 0 Å². The van der Waals surface area contributed by atoms with Crippen molar-refractivity contribution < 1.29 is 19.0 Å². The minimum Gasteiger partial charge on any atom is -0.383 e. The molecule has 1 aromatic rings. The summed E-state index contributed by atoms with van der Waals surface area (Å²) in [6.45, 7) is 0.0148. The highest BCUT2D eigenvalue weighted by Crippen LogP contribution is 2.25. The molecule has 1 fully saturated rings. The molecule has 2 unspecified atom stereocenters. The van der Waals surface area contributed by atoms with Crippen LogP contribution in [0.2, 0.25) is 0 Å². The highest BCUT2D eigenvalue weighted by atomic mass is 19.1. The van der Waals surface area contributed by atoms with E-state index in [1.807, 2.05) is 0 Å². The van der Waals surface area contributed by atoms with E-state index in [-0.39, 0.29) is 18.2 Å². The molecule has 1 aliphatic heterocycles. The fourth-order valence-electron chi connectivity index (χ4n) is 1.42. The molecule has 0 aliphatic carbocycles. The van der Waals surface area contributed by atoms with E-state index in [0.717, 1.165) is 0 Å². The number of aliphatic hydroxyl groups excluding tert-OH is 1. The zero-order chi connectivity index (χ0) is 10.1. The Hall–Kier alpha value is -1.26. The zero-order valence-electron chi connectivity index (χ0n) is 7.31. The summed E-state index contributed by atoms with van der Waals surface area (Å²) < 4.78 is 17.7. The van der Waals surface area contributed by atoms with Crippen molar-refractivity contribution in [2.75, 3.05) is 6.61 Å². The number of hydrogen-bond donors (Lipinski definition) is 1. The molecule has 2 atom stereocenters. The topological polar surface area (TPSA) is 46.5 Å². The van der Waals surface area contributed by atoms with Crippen LogP contribution < -0.4 is 0 Å². The van der Waals surface area contributed by atoms with Crippen molar-refractivity contribution in [2.24, 2.45) is 0 Å². The summed E-state index contributed by atoms with van der Waals surface area (Å²) in [6, 6.07) is 5.49. The number of carbonyl (C=O) groups is 1. The summed E-state index contributed by atoms with van der Waals surface area (Å²) in [5, 5.41) is 9.14. The van der Waals surface area contributed by atoms with Gasteiger partial charge in [-0.25, -0.2) is 4.39 Å². The van der Waals surface area contributed by atoms with Gasteiger partial charge in [0.05, 0.1) is 6.61 Å². The maximum atomic E-state index is 12.6. The zero-order valence-corrected chi connectivity index (χ0v) is 7.31. The van der Waals surface area contributed by atoms with Gasteiger partial charge >= 0.3 is 0 Å². The average Bonchev–Trinajstić information content (AvgIpc) is 2.50. The lowest BCUT2D eigenvalue weighted by Gasteiger charge is -2.07. The first-order valence-electron chi connectivity index (χ1n) is 4.27. The number of aliphatic hydroxyl groups is 1. The Balaban J connectivity index is 2.24. The first-order valence-corrected chi connectivity index (χ1v) is 4.27. The average molecular weight is 196 g/mol. The minimum absolute atomic E-state index is 0.0148. The van der Waals surface area contributed by atoms with Gasteiger partial charge in [-0.2, -0.15) is 0 Å². The summed E-state index contributed by atoms with van der Waals surface area (Å²) in [6.07, 6.45) is -1.80. The highest BCUT2D eigenvalue weighted by molar-refractivity contribution is 5.89. The van der Waals surface area contributed by atoms with Crippen molar-refractivity contribution in [3.63, 3.8) is 0 Å². The summed E-state index contributed by atoms with van der Waals surface area (Å²) in [5.74, 6) is -0.726. The second kappa shape index (κ2) is 3.48. The van der Waals surface area contributed by atoms with Crippen molar-refractivity contribution in [2.45, 2.75) is 12.2 Å². The number of hydrogen-bond acceptors (Lipinski definition) is 3. The van der Waals surface area contributed by atoms with Crippen LogP contribution in [-0.4, -0.2) is 23.6 Å². The Kier molecular flexibility index (Phi) is 2.31. The van der Waals surface area contributed by atoms with Crippen LogP contribution >= 0.6 is 0 Å². The Labute approximate surface area is 80.1 Å². The Morgan fingerprint density at radius 2 is 2.00 bits per heavy atom. The lowest BCUT2D eigenvalue weighted by molar-refractivity contribution is -0.127. The molecule has 1 aliphatic rings. The molecule has 0 saturated carbocycles. The van der Waals surface area contributed by atoms with E-state index < -0.39 is 12.2 Å². The maximum Gasteiger partial charge on any atom is 0.196 e. The van der Waals surface area contributed by atoms with Crippen molar-refractivity contribution >= 4 is 5.78 Å². The van der Waals surface area contributed by atoms with Crippen molar-refractivity contribution in [3.05, 3.63) is 35.6 Å². The number of benzene rings is 1. The monoisotopic (exact) mass is 196 g/mol. The van der Waals surface area contributed by atoms with E-state index >= 15 is 0 Å². The molecule has 0 aromatic heterocycles. The van der Waals surface area contributed by atoms with Crippen molar-refractivity contribution in [1.29, 1.82) is 0 Å². The summed E-state index contributed by atoms with van der Waals surface area (Å²) >= 11 is 0. The fourth-order valence-corrected chi connectivity index (χ4v) is 1.42. The van der Waals surface area contributed by atoms with Gasteiger partial charge in [0.2, 0.25) is 0 Å². The lowest BCUT2D eigenvalue weighted by Crippen LogP contribution is -2.18. The van der Waals surface area contributed by atoms with Crippen LogP contribution in [0.15, 0.2) is 24.3 Å². The van der Waals surface area contributed by atoms with Gasteiger partial charge < -0.3 is 9.84 Å². The second-order valence-corrected chi connectivity index (χ2v) is 3.18. The smallest absolute Gasteiger partial charge is 0.196 e. The van der Waals surface area contributed by atoms with Crippen LogP contribution in [0.4, 0.5) is 4.39 Å². The lowest BCUT2D eigenvalue weighted by atomic mass is 10.0. The van der Waals surface area contributed by atoms with Gasteiger partial charge in [-0.15, -0.1) is 0 Å². The first kappa shape index (κ1) is 9.30. The third kappa shape index (κ3) is 1.54. The quantitative estimate of drug-likeness (QED) is 0.723. The molecule has 1 heterocycles. The number of Topliss-reactive ketones (excluding diaryl/α,β-unsaturated/α-hetero) is 1. The molecule has 1 aromatic carbocycles. The molecule has 4 heteroatoms. The van der Waals surface area contributed by atoms with E-state index in [1.54, 1.807) is 0 Å². The number of ether oxygens (including phenoxy) is 1. The normalized spacial score (nSPS) is 26.9. The van der Waals surface area contributed by atoms with Gasteiger partial charge in [-0.3, -0.25) is 4.79 Å². The van der Waals surface area contributed by atoms with Gasteiger partial charge in [0, 0.05) is 0 Å². The molecule has 3 nitrogen and oxygen atoms in total. The molecule has 0 spiro atoms. The van der Waals surface area contributed by atoms with E-state index in [9.17, 15) is 9.18 Å². The van der Waals surface area contributed by atoms with Crippen LogP contribution in [0, 0.1) is 5.82 Å². The molecule has 1 N–H and O–H groups in total. The van der Waals surface area contributed by atoms with Crippen LogP contribution in [0.25, 0.3) is 0 Å². The number of rotatable bonds is 1. The van der Waals surface area contributed by atoms with E-state index in [2.05, 4.69) is 0 Å². The second-order valence-electron chi connectivity index (χ2n) is 3.18. The Morgan fingerprint density at radius 3 is 2.50 bits per heavy atom. The maximum absolute atomic E-state index is 12.6. The van der Waals surface area contributed by atoms with Gasteiger partial charge in [-0.05, 0) is 17.7 Å². The number of carbonyl (C=O) groups excluding carboxylic acids is 1. The first-order chi connectivity index (χ1) is 6.68. The largest absolute Gasteiger partial charge is 0.383 e. The van der Waals surface area contributed by atoms with Crippen molar-refractivity contribution in [1.82, 2.24) is 0 Å². The SMILES string of the molecule is O=C1C(O)COC1c1ccc(F)cc1. The molecule has 0 radical (unpaired) electrons. The predicted molar refractivity (Wildman–Crippen MR) is 46.1 cm³/mol. The van der Waals surface area contributed by atoms with E-state index in [0.29, 0.717) is 5.56 Å². The van der Waals surface area contributed by atoms with Gasteiger partial charge in [-0.1, -0.05) is 12.1 Å². The summed E-state index contributed by atoms with van der Waals surface area (Å²) in [7, 11) is 0. The standard InChI is InChI=1S/C10H9FO3/c11-7-3-1-6(2-4-7)10-9(13)8(12)5-14-10/h1-4,8,10,12H,5H2. The Bertz CT molecular complexity index is 347. The summed E-state index contributed by atoms with van der Waals surface area (Å²) in [4.78, 5) is 11.3. The molecule has 74 valence electrons. The van der Waals surface area contributed by atoms with Crippen LogP contribution in [-0.2, 0) is 9.53 Å². The molecule has 2 rings (SSSR count). The van der Waals surface area contributed by atoms with E-state index in [4.69, 9.17) is 9.84 Å². The van der Waals surface area contributed by atoms with Crippen LogP contribution in [0.1, 0.15) is 11.7 Å². The molecular formula is C10H9FO3. The Morgan fingerprint density at radius 1 is 1.36 bits per heavy atom. The molecular weight excluding hydrogens is 187 g/mol. The molecule has 1 saturated heterocycles. The van der Waals surface area contributed by atoms with E-state index in [1.165, 1.54) is 24.3 Å². The third-order valence-corrected chi connectivity index (χ3v) is 2.18. The third-order valence-electron chi connectivity index (χ3n) is 2.18. The van der Waals surface area contributed by atoms with Gasteiger partial charge in [0.15, 0.2) is 5.78 Å². The highest BCUT2D eigenvalue weighted by Gasteiger charge is 2.34. The molecule has 14 heavy (non-hydrogen) atoms. The van der Waals surface area contributed by atoms with Gasteiger partial charge in [0.1, 0.15) is 18.0 Å². The van der Waals surface area contributed by atoms with Crippen LogP contribution in [0.3, 0.4) is 0 Å². The van der Waals surface area contributed by atoms with Crippen molar-refractivity contribution in [3.8, 4) is 0 Å².